The summed E-state index contributed by atoms with van der Waals surface area (Å²) in [6.45, 7) is 7.85. The monoisotopic (exact) mass is 328 g/mol. The molecule has 4 heteroatoms. The van der Waals surface area contributed by atoms with Crippen LogP contribution in [0.3, 0.4) is 0 Å². The van der Waals surface area contributed by atoms with Crippen LogP contribution < -0.4 is 0 Å². The Morgan fingerprint density at radius 3 is 2.71 bits per heavy atom. The number of ether oxygens (including phenoxy) is 1. The van der Waals surface area contributed by atoms with Crippen molar-refractivity contribution < 1.29 is 9.53 Å². The van der Waals surface area contributed by atoms with E-state index in [1.807, 2.05) is 27.8 Å². The van der Waals surface area contributed by atoms with Gasteiger partial charge < -0.3 is 14.2 Å². The van der Waals surface area contributed by atoms with Crippen LogP contribution in [0.2, 0.25) is 0 Å². The highest BCUT2D eigenvalue weighted by molar-refractivity contribution is 5.86. The van der Waals surface area contributed by atoms with Crippen molar-refractivity contribution in [3.63, 3.8) is 0 Å². The first-order chi connectivity index (χ1) is 11.2. The van der Waals surface area contributed by atoms with Crippen LogP contribution in [-0.2, 0) is 24.6 Å². The van der Waals surface area contributed by atoms with Crippen LogP contribution in [0.15, 0.2) is 18.2 Å². The summed E-state index contributed by atoms with van der Waals surface area (Å²) < 4.78 is 7.85. The number of amides is 1. The van der Waals surface area contributed by atoms with Crippen LogP contribution >= 0.6 is 0 Å². The fourth-order valence-electron chi connectivity index (χ4n) is 3.69. The Labute approximate surface area is 144 Å². The van der Waals surface area contributed by atoms with E-state index >= 15 is 0 Å². The zero-order valence-corrected chi connectivity index (χ0v) is 15.6. The number of hydrogen-bond donors (Lipinski definition) is 0. The minimum atomic E-state index is -0.457. The van der Waals surface area contributed by atoms with Crippen LogP contribution in [0.5, 0.6) is 0 Å². The van der Waals surface area contributed by atoms with Crippen molar-refractivity contribution in [3.8, 4) is 0 Å². The lowest BCUT2D eigenvalue weighted by molar-refractivity contribution is 0.0210. The molecule has 1 aromatic carbocycles. The maximum atomic E-state index is 12.4. The van der Waals surface area contributed by atoms with Gasteiger partial charge in [0.25, 0.3) is 0 Å². The molecular formula is C20H28N2O2. The van der Waals surface area contributed by atoms with E-state index in [1.165, 1.54) is 27.7 Å². The molecule has 0 radical (unpaired) electrons. The number of carbonyl (C=O) groups excluding carboxylic acids is 1. The second-order valence-electron chi connectivity index (χ2n) is 7.99. The van der Waals surface area contributed by atoms with E-state index in [2.05, 4.69) is 36.7 Å². The van der Waals surface area contributed by atoms with E-state index in [9.17, 15) is 4.79 Å². The van der Waals surface area contributed by atoms with Crippen LogP contribution in [0, 0.1) is 6.92 Å². The molecule has 4 nitrogen and oxygen atoms in total. The van der Waals surface area contributed by atoms with Crippen LogP contribution in [0.4, 0.5) is 4.79 Å². The summed E-state index contributed by atoms with van der Waals surface area (Å²) in [5.74, 6) is 0. The quantitative estimate of drug-likeness (QED) is 0.786. The van der Waals surface area contributed by atoms with Gasteiger partial charge >= 0.3 is 6.09 Å². The molecule has 0 spiro atoms. The van der Waals surface area contributed by atoms with Gasteiger partial charge in [0.15, 0.2) is 0 Å². The zero-order valence-electron chi connectivity index (χ0n) is 15.6. The number of carbonyl (C=O) groups is 1. The summed E-state index contributed by atoms with van der Waals surface area (Å²) in [4.78, 5) is 14.2. The normalized spacial score (nSPS) is 17.7. The second-order valence-corrected chi connectivity index (χ2v) is 7.99. The summed E-state index contributed by atoms with van der Waals surface area (Å²) in [5, 5.41) is 1.33. The van der Waals surface area contributed by atoms with E-state index in [4.69, 9.17) is 4.74 Å². The molecule has 0 aliphatic heterocycles. The predicted molar refractivity (Wildman–Crippen MR) is 97.5 cm³/mol. The van der Waals surface area contributed by atoms with Crippen molar-refractivity contribution in [3.05, 3.63) is 35.0 Å². The Kier molecular flexibility index (Phi) is 4.10. The fraction of sp³-hybridized carbons (Fsp3) is 0.550. The van der Waals surface area contributed by atoms with Crippen molar-refractivity contribution in [1.82, 2.24) is 9.47 Å². The average Bonchev–Trinajstić information content (AvgIpc) is 2.77. The third-order valence-electron chi connectivity index (χ3n) is 4.98. The van der Waals surface area contributed by atoms with E-state index in [1.54, 1.807) is 4.90 Å². The molecule has 1 aromatic heterocycles. The van der Waals surface area contributed by atoms with E-state index in [-0.39, 0.29) is 12.1 Å². The number of hydrogen-bond acceptors (Lipinski definition) is 2. The number of rotatable bonds is 1. The van der Waals surface area contributed by atoms with Gasteiger partial charge in [-0.2, -0.15) is 0 Å². The van der Waals surface area contributed by atoms with Gasteiger partial charge in [-0.25, -0.2) is 4.79 Å². The number of aryl methyl sites for hydroxylation is 2. The van der Waals surface area contributed by atoms with Crippen molar-refractivity contribution >= 4 is 17.0 Å². The molecule has 1 unspecified atom stereocenters. The molecule has 0 bridgehead atoms. The first-order valence-corrected chi connectivity index (χ1v) is 8.70. The highest BCUT2D eigenvalue weighted by atomic mass is 16.6. The molecule has 1 aliphatic rings. The Bertz CT molecular complexity index is 783. The van der Waals surface area contributed by atoms with Gasteiger partial charge in [0.2, 0.25) is 0 Å². The average molecular weight is 328 g/mol. The smallest absolute Gasteiger partial charge is 0.410 e. The van der Waals surface area contributed by atoms with E-state index < -0.39 is 5.60 Å². The van der Waals surface area contributed by atoms with Crippen molar-refractivity contribution in [2.24, 2.45) is 7.05 Å². The molecular weight excluding hydrogens is 300 g/mol. The topological polar surface area (TPSA) is 34.5 Å². The Morgan fingerprint density at radius 2 is 2.04 bits per heavy atom. The van der Waals surface area contributed by atoms with Gasteiger partial charge in [0, 0.05) is 36.7 Å². The van der Waals surface area contributed by atoms with Crippen molar-refractivity contribution in [2.45, 2.75) is 58.6 Å². The maximum absolute atomic E-state index is 12.4. The molecule has 0 saturated carbocycles. The van der Waals surface area contributed by atoms with Crippen molar-refractivity contribution in [1.29, 1.82) is 0 Å². The first kappa shape index (κ1) is 16.9. The Balaban J connectivity index is 1.89. The summed E-state index contributed by atoms with van der Waals surface area (Å²) in [7, 11) is 4.01. The van der Waals surface area contributed by atoms with Gasteiger partial charge in [0.1, 0.15) is 5.60 Å². The lowest BCUT2D eigenvalue weighted by atomic mass is 9.90. The van der Waals surface area contributed by atoms with Gasteiger partial charge in [-0.15, -0.1) is 0 Å². The molecule has 0 fully saturated rings. The molecule has 3 rings (SSSR count). The van der Waals surface area contributed by atoms with Crippen molar-refractivity contribution in [2.75, 3.05) is 7.05 Å². The molecule has 2 aromatic rings. The molecule has 24 heavy (non-hydrogen) atoms. The number of likely N-dealkylation sites (N-methyl/N-ethyl adjacent to an activating group) is 1. The molecule has 1 aliphatic carbocycles. The third kappa shape index (κ3) is 3.02. The molecule has 1 amide bonds. The standard InChI is InChI=1S/C20H28N2O2/c1-13-7-9-17-15(11-13)16-12-14(8-10-18(16)22(17)6)21(5)19(23)24-20(2,3)4/h7,9,11,14H,8,10,12H2,1-6H3. The van der Waals surface area contributed by atoms with Gasteiger partial charge in [0.05, 0.1) is 0 Å². The molecule has 1 heterocycles. The summed E-state index contributed by atoms with van der Waals surface area (Å²) >= 11 is 0. The SMILES string of the molecule is Cc1ccc2c(c1)c1c(n2C)CCC(N(C)C(=O)OC(C)(C)C)C1. The highest BCUT2D eigenvalue weighted by Crippen LogP contribution is 2.33. The largest absolute Gasteiger partial charge is 0.444 e. The maximum Gasteiger partial charge on any atom is 0.410 e. The Hall–Kier alpha value is -1.97. The first-order valence-electron chi connectivity index (χ1n) is 8.70. The van der Waals surface area contributed by atoms with E-state index in [0.717, 1.165) is 19.3 Å². The third-order valence-corrected chi connectivity index (χ3v) is 4.98. The number of fused-ring (bicyclic) bond motifs is 3. The predicted octanol–water partition coefficient (Wildman–Crippen LogP) is 4.21. The number of nitrogens with zero attached hydrogens (tertiary/aromatic N) is 2. The Morgan fingerprint density at radius 1 is 1.33 bits per heavy atom. The van der Waals surface area contributed by atoms with Crippen LogP contribution in [0.1, 0.15) is 44.0 Å². The summed E-state index contributed by atoms with van der Waals surface area (Å²) in [6.07, 6.45) is 2.64. The number of benzene rings is 1. The van der Waals surface area contributed by atoms with Gasteiger partial charge in [-0.05, 0) is 64.7 Å². The molecule has 130 valence electrons. The fourth-order valence-corrected chi connectivity index (χ4v) is 3.69. The molecule has 0 saturated heterocycles. The lowest BCUT2D eigenvalue weighted by Gasteiger charge is -2.33. The van der Waals surface area contributed by atoms with Crippen LogP contribution in [-0.4, -0.2) is 34.3 Å². The minimum Gasteiger partial charge on any atom is -0.444 e. The molecule has 1 atom stereocenters. The summed E-state index contributed by atoms with van der Waals surface area (Å²) in [5.41, 5.74) is 4.90. The second kappa shape index (κ2) is 5.83. The number of aromatic nitrogens is 1. The minimum absolute atomic E-state index is 0.193. The lowest BCUT2D eigenvalue weighted by Crippen LogP contribution is -2.43. The zero-order chi connectivity index (χ0) is 17.6. The van der Waals surface area contributed by atoms with Gasteiger partial charge in [-0.3, -0.25) is 0 Å². The summed E-state index contributed by atoms with van der Waals surface area (Å²) in [6, 6.07) is 6.83. The molecule has 0 N–H and O–H groups in total. The van der Waals surface area contributed by atoms with Gasteiger partial charge in [-0.1, -0.05) is 11.6 Å². The highest BCUT2D eigenvalue weighted by Gasteiger charge is 2.30. The van der Waals surface area contributed by atoms with E-state index in [0.29, 0.717) is 0 Å². The van der Waals surface area contributed by atoms with Crippen LogP contribution in [0.25, 0.3) is 10.9 Å².